The first kappa shape index (κ1) is 37.0. The van der Waals surface area contributed by atoms with Crippen LogP contribution in [0, 0.1) is 0 Å². The Bertz CT molecular complexity index is 2090. The van der Waals surface area contributed by atoms with Gasteiger partial charge in [0.1, 0.15) is 12.1 Å². The van der Waals surface area contributed by atoms with E-state index in [-0.39, 0.29) is 36.0 Å². The topological polar surface area (TPSA) is 130 Å². The zero-order chi connectivity index (χ0) is 38.8. The minimum absolute atomic E-state index is 0.0746. The third-order valence-electron chi connectivity index (χ3n) is 11.1. The van der Waals surface area contributed by atoms with E-state index in [1.165, 1.54) is 0 Å². The predicted molar refractivity (Wildman–Crippen MR) is 216 cm³/mol. The van der Waals surface area contributed by atoms with Gasteiger partial charge >= 0.3 is 0 Å². The molecule has 2 aliphatic heterocycles. The molecule has 0 aliphatic carbocycles. The number of amides is 2. The van der Waals surface area contributed by atoms with Crippen LogP contribution < -0.4 is 0 Å². The van der Waals surface area contributed by atoms with Crippen LogP contribution in [0.25, 0.3) is 33.9 Å². The van der Waals surface area contributed by atoms with Gasteiger partial charge in [-0.2, -0.15) is 0 Å². The van der Waals surface area contributed by atoms with Crippen LogP contribution in [0.5, 0.6) is 0 Å². The second-order valence-electron chi connectivity index (χ2n) is 15.2. The van der Waals surface area contributed by atoms with Crippen LogP contribution in [-0.4, -0.2) is 103 Å². The van der Waals surface area contributed by atoms with Crippen molar-refractivity contribution in [2.75, 3.05) is 41.3 Å². The summed E-state index contributed by atoms with van der Waals surface area (Å²) in [5.41, 5.74) is 5.93. The molecule has 2 amide bonds. The van der Waals surface area contributed by atoms with Crippen LogP contribution >= 0.6 is 0 Å². The van der Waals surface area contributed by atoms with Crippen molar-refractivity contribution in [3.8, 4) is 33.9 Å². The molecular weight excluding hydrogens is 701 g/mol. The monoisotopic (exact) mass is 748 g/mol. The lowest BCUT2D eigenvalue weighted by Crippen LogP contribution is -2.40. The van der Waals surface area contributed by atoms with E-state index in [4.69, 9.17) is 0 Å². The molecule has 2 aromatic heterocycles. The van der Waals surface area contributed by atoms with Crippen molar-refractivity contribution < 1.29 is 9.59 Å². The van der Waals surface area contributed by atoms with Crippen LogP contribution in [0.1, 0.15) is 72.6 Å². The van der Waals surface area contributed by atoms with Crippen LogP contribution in [0.4, 0.5) is 0 Å². The van der Waals surface area contributed by atoms with Crippen molar-refractivity contribution in [3.05, 3.63) is 132 Å². The fourth-order valence-corrected chi connectivity index (χ4v) is 8.29. The number of hydrogen-bond donors (Lipinski definition) is 2. The lowest BCUT2D eigenvalue weighted by Gasteiger charge is -2.31. The molecule has 56 heavy (non-hydrogen) atoms. The number of rotatable bonds is 11. The fraction of sp³-hybridized carbons (Fsp3) is 0.318. The van der Waals surface area contributed by atoms with Gasteiger partial charge in [-0.25, -0.2) is 0 Å². The van der Waals surface area contributed by atoms with Gasteiger partial charge in [-0.1, -0.05) is 109 Å². The van der Waals surface area contributed by atoms with Gasteiger partial charge in [-0.15, -0.1) is 20.4 Å². The van der Waals surface area contributed by atoms with E-state index < -0.39 is 0 Å². The summed E-state index contributed by atoms with van der Waals surface area (Å²) in [6.45, 7) is 1.38. The number of aromatic nitrogens is 6. The Labute approximate surface area is 327 Å². The summed E-state index contributed by atoms with van der Waals surface area (Å²) in [6.07, 6.45) is 3.51. The molecule has 4 atom stereocenters. The summed E-state index contributed by atoms with van der Waals surface area (Å²) in [5.74, 6) is 2.92. The molecule has 4 heterocycles. The average Bonchev–Trinajstić information content (AvgIpc) is 4.06. The molecule has 12 heteroatoms. The molecule has 1 unspecified atom stereocenters. The fourth-order valence-electron chi connectivity index (χ4n) is 8.29. The number of benzene rings is 4. The van der Waals surface area contributed by atoms with E-state index in [1.807, 2.05) is 133 Å². The van der Waals surface area contributed by atoms with Gasteiger partial charge in [0.25, 0.3) is 0 Å². The Morgan fingerprint density at radius 1 is 0.536 bits per heavy atom. The highest BCUT2D eigenvalue weighted by atomic mass is 16.2. The summed E-state index contributed by atoms with van der Waals surface area (Å²) in [7, 11) is 7.78. The van der Waals surface area contributed by atoms with Crippen molar-refractivity contribution in [1.29, 1.82) is 0 Å². The van der Waals surface area contributed by atoms with Gasteiger partial charge in [0, 0.05) is 24.2 Å². The number of hydrogen-bond acceptors (Lipinski definition) is 8. The van der Waals surface area contributed by atoms with Gasteiger partial charge in [-0.05, 0) is 76.1 Å². The molecular formula is C44H48N10O2. The number of H-pyrrole nitrogens is 2. The minimum Gasteiger partial charge on any atom is -0.331 e. The molecule has 0 bridgehead atoms. The molecule has 6 aromatic rings. The molecule has 2 saturated heterocycles. The van der Waals surface area contributed by atoms with E-state index in [9.17, 15) is 9.59 Å². The first-order chi connectivity index (χ1) is 27.3. The largest absolute Gasteiger partial charge is 0.331 e. The first-order valence-corrected chi connectivity index (χ1v) is 19.4. The average molecular weight is 749 g/mol. The zero-order valence-corrected chi connectivity index (χ0v) is 32.3. The standard InChI is InChI=1S/C44H48N10O2/c1-51(2)37(31-13-7-5-8-14-31)43(55)53-27-11-17-35(53)41-45-39(47-49-41)33-23-19-29(20-24-33)30-21-25-34(26-22-30)40-46-42(50-48-40)36-18-12-28-54(36)44(56)38(52(3)4)32-15-9-6-10-16-32/h5-10,13-16,19-26,35-38H,11-12,17-18,27-28H2,1-4H3,(H,45,47,49)(H,46,48,50)/t35-,36-,37+,38?/m0/s1. The molecule has 4 aromatic carbocycles. The molecule has 12 nitrogen and oxygen atoms in total. The Morgan fingerprint density at radius 3 is 1.25 bits per heavy atom. The summed E-state index contributed by atoms with van der Waals surface area (Å²) < 4.78 is 0. The summed E-state index contributed by atoms with van der Waals surface area (Å²) in [6, 6.07) is 35.3. The molecule has 8 rings (SSSR count). The molecule has 0 spiro atoms. The van der Waals surface area contributed by atoms with Crippen LogP contribution in [0.3, 0.4) is 0 Å². The molecule has 2 aliphatic rings. The van der Waals surface area contributed by atoms with Crippen molar-refractivity contribution in [2.24, 2.45) is 0 Å². The maximum absolute atomic E-state index is 13.9. The number of aromatic amines is 2. The predicted octanol–water partition coefficient (Wildman–Crippen LogP) is 6.86. The molecule has 2 N–H and O–H groups in total. The molecule has 2 fully saturated rings. The van der Waals surface area contributed by atoms with Gasteiger partial charge in [0.2, 0.25) is 11.8 Å². The minimum atomic E-state index is -0.365. The van der Waals surface area contributed by atoms with Gasteiger partial charge in [-0.3, -0.25) is 19.4 Å². The van der Waals surface area contributed by atoms with E-state index >= 15 is 0 Å². The Hall–Kier alpha value is -5.98. The Kier molecular flexibility index (Phi) is 10.6. The SMILES string of the molecule is CN(C)C(C(=O)N1CCC[C@H]1c1nnc(-c2ccc(-c3ccc(-c4nnc([C@@H]5CCCN5C(=O)[C@@H](c5ccccc5)N(C)C)[nH]4)cc3)cc2)[nH]1)c1ccccc1. The number of likely N-dealkylation sites (N-methyl/N-ethyl adjacent to an activating group) is 2. The third kappa shape index (κ3) is 7.37. The van der Waals surface area contributed by atoms with E-state index in [2.05, 4.69) is 54.6 Å². The number of carbonyl (C=O) groups is 2. The smallest absolute Gasteiger partial charge is 0.245 e. The second-order valence-corrected chi connectivity index (χ2v) is 15.2. The quantitative estimate of drug-likeness (QED) is 0.147. The van der Waals surface area contributed by atoms with Crippen LogP contribution in [0.15, 0.2) is 109 Å². The zero-order valence-electron chi connectivity index (χ0n) is 32.3. The highest BCUT2D eigenvalue weighted by Crippen LogP contribution is 2.36. The summed E-state index contributed by atoms with van der Waals surface area (Å²) in [4.78, 5) is 42.5. The molecule has 0 radical (unpaired) electrons. The van der Waals surface area contributed by atoms with Crippen molar-refractivity contribution in [1.82, 2.24) is 50.0 Å². The maximum Gasteiger partial charge on any atom is 0.245 e. The highest BCUT2D eigenvalue weighted by molar-refractivity contribution is 5.84. The van der Waals surface area contributed by atoms with Crippen molar-refractivity contribution in [2.45, 2.75) is 49.9 Å². The second kappa shape index (κ2) is 16.0. The normalized spacial score (nSPS) is 18.2. The Morgan fingerprint density at radius 2 is 0.893 bits per heavy atom. The van der Waals surface area contributed by atoms with E-state index in [0.717, 1.165) is 59.1 Å². The van der Waals surface area contributed by atoms with Gasteiger partial charge in [0.15, 0.2) is 23.3 Å². The lowest BCUT2D eigenvalue weighted by molar-refractivity contribution is -0.138. The van der Waals surface area contributed by atoms with E-state index in [0.29, 0.717) is 36.4 Å². The number of carbonyl (C=O) groups excluding carboxylic acids is 2. The van der Waals surface area contributed by atoms with Crippen LogP contribution in [0.2, 0.25) is 0 Å². The molecule has 286 valence electrons. The maximum atomic E-state index is 13.9. The van der Waals surface area contributed by atoms with Gasteiger partial charge < -0.3 is 19.8 Å². The van der Waals surface area contributed by atoms with Crippen molar-refractivity contribution in [3.63, 3.8) is 0 Å². The lowest BCUT2D eigenvalue weighted by atomic mass is 10.0. The Balaban J connectivity index is 0.930. The van der Waals surface area contributed by atoms with Gasteiger partial charge in [0.05, 0.1) is 12.1 Å². The number of likely N-dealkylation sites (tertiary alicyclic amines) is 2. The number of nitrogens with zero attached hydrogens (tertiary/aromatic N) is 8. The first-order valence-electron chi connectivity index (χ1n) is 19.4. The number of nitrogens with one attached hydrogen (secondary N) is 2. The summed E-state index contributed by atoms with van der Waals surface area (Å²) >= 11 is 0. The highest BCUT2D eigenvalue weighted by Gasteiger charge is 2.38. The van der Waals surface area contributed by atoms with E-state index in [1.54, 1.807) is 0 Å². The van der Waals surface area contributed by atoms with Crippen LogP contribution in [-0.2, 0) is 9.59 Å². The summed E-state index contributed by atoms with van der Waals surface area (Å²) in [5, 5.41) is 18.0. The molecule has 0 saturated carbocycles. The van der Waals surface area contributed by atoms with Crippen molar-refractivity contribution >= 4 is 11.8 Å². The third-order valence-corrected chi connectivity index (χ3v) is 11.1.